The van der Waals surface area contributed by atoms with Gasteiger partial charge in [-0.15, -0.1) is 11.3 Å². The minimum atomic E-state index is -3.16. The summed E-state index contributed by atoms with van der Waals surface area (Å²) in [5, 5.41) is 1.76. The molecule has 0 aliphatic carbocycles. The fraction of sp³-hybridized carbons (Fsp3) is 0.231. The van der Waals surface area contributed by atoms with E-state index >= 15 is 0 Å². The third kappa shape index (κ3) is 3.97. The van der Waals surface area contributed by atoms with Gasteiger partial charge >= 0.3 is 0 Å². The van der Waals surface area contributed by atoms with Crippen molar-refractivity contribution in [3.63, 3.8) is 0 Å². The van der Waals surface area contributed by atoms with Crippen molar-refractivity contribution in [2.75, 3.05) is 18.1 Å². The summed E-state index contributed by atoms with van der Waals surface area (Å²) in [4.78, 5) is 0. The van der Waals surface area contributed by atoms with Crippen LogP contribution in [0.15, 0.2) is 46.0 Å². The molecule has 1 heterocycles. The highest BCUT2D eigenvalue weighted by Gasteiger charge is 2.14. The smallest absolute Gasteiger partial charge is 0.187 e. The number of rotatable bonds is 6. The maximum Gasteiger partial charge on any atom is 0.187 e. The molecule has 1 aromatic carbocycles. The second-order valence-electron chi connectivity index (χ2n) is 4.02. The highest BCUT2D eigenvalue weighted by molar-refractivity contribution is 7.93. The van der Waals surface area contributed by atoms with Gasteiger partial charge in [0, 0.05) is 5.69 Å². The summed E-state index contributed by atoms with van der Waals surface area (Å²) in [6.07, 6.45) is 0.463. The summed E-state index contributed by atoms with van der Waals surface area (Å²) in [5.74, 6) is 0.797. The van der Waals surface area contributed by atoms with Crippen LogP contribution in [-0.4, -0.2) is 20.8 Å². The number of thiophene rings is 1. The quantitative estimate of drug-likeness (QED) is 0.657. The van der Waals surface area contributed by atoms with Crippen molar-refractivity contribution in [3.05, 3.63) is 41.8 Å². The van der Waals surface area contributed by atoms with E-state index in [0.717, 1.165) is 0 Å². The van der Waals surface area contributed by atoms with Crippen LogP contribution >= 0.6 is 11.3 Å². The standard InChI is InChI=1S/C13H15NO3S2/c14-11-4-6-12(7-5-11)17-8-2-10-19(15,16)13-3-1-9-18-13/h1,3-7,9H,2,8,10,14H2. The van der Waals surface area contributed by atoms with E-state index in [1.54, 1.807) is 41.8 Å². The summed E-state index contributed by atoms with van der Waals surface area (Å²) in [5.41, 5.74) is 6.23. The fourth-order valence-corrected chi connectivity index (χ4v) is 3.98. The van der Waals surface area contributed by atoms with Crippen molar-refractivity contribution in [1.29, 1.82) is 0 Å². The van der Waals surface area contributed by atoms with Crippen molar-refractivity contribution >= 4 is 26.9 Å². The number of nitrogens with two attached hydrogens (primary N) is 1. The predicted molar refractivity (Wildman–Crippen MR) is 77.3 cm³/mol. The van der Waals surface area contributed by atoms with E-state index < -0.39 is 9.84 Å². The molecule has 0 fully saturated rings. The van der Waals surface area contributed by atoms with Gasteiger partial charge in [-0.2, -0.15) is 0 Å². The number of nitrogen functional groups attached to an aromatic ring is 1. The largest absolute Gasteiger partial charge is 0.494 e. The van der Waals surface area contributed by atoms with E-state index in [1.165, 1.54) is 11.3 Å². The van der Waals surface area contributed by atoms with Gasteiger partial charge in [0.2, 0.25) is 0 Å². The Morgan fingerprint density at radius 1 is 1.16 bits per heavy atom. The maximum absolute atomic E-state index is 11.9. The van der Waals surface area contributed by atoms with E-state index in [4.69, 9.17) is 10.5 Å². The van der Waals surface area contributed by atoms with Gasteiger partial charge in [-0.1, -0.05) is 6.07 Å². The molecule has 0 aliphatic heterocycles. The molecule has 2 aromatic rings. The molecule has 0 saturated heterocycles. The highest BCUT2D eigenvalue weighted by atomic mass is 32.2. The zero-order valence-corrected chi connectivity index (χ0v) is 11.9. The molecule has 0 saturated carbocycles. The first kappa shape index (κ1) is 13.9. The van der Waals surface area contributed by atoms with Gasteiger partial charge in [0.1, 0.15) is 9.96 Å². The zero-order valence-electron chi connectivity index (χ0n) is 10.3. The Morgan fingerprint density at radius 3 is 2.53 bits per heavy atom. The molecular formula is C13H15NO3S2. The molecule has 1 aromatic heterocycles. The van der Waals surface area contributed by atoms with Crippen molar-refractivity contribution in [2.45, 2.75) is 10.6 Å². The summed E-state index contributed by atoms with van der Waals surface area (Å²) < 4.78 is 29.6. The Kier molecular flexibility index (Phi) is 4.44. The fourth-order valence-electron chi connectivity index (χ4n) is 1.54. The molecule has 0 aliphatic rings. The molecule has 0 amide bonds. The van der Waals surface area contributed by atoms with Crippen LogP contribution in [0.1, 0.15) is 6.42 Å². The SMILES string of the molecule is Nc1ccc(OCCCS(=O)(=O)c2cccs2)cc1. The molecule has 102 valence electrons. The summed E-state index contributed by atoms with van der Waals surface area (Å²) in [7, 11) is -3.16. The molecule has 0 radical (unpaired) electrons. The Bertz CT molecular complexity index is 604. The molecule has 2 N–H and O–H groups in total. The van der Waals surface area contributed by atoms with Crippen LogP contribution in [0.25, 0.3) is 0 Å². The van der Waals surface area contributed by atoms with Crippen LogP contribution in [0.4, 0.5) is 5.69 Å². The van der Waals surface area contributed by atoms with Crippen LogP contribution in [0, 0.1) is 0 Å². The van der Waals surface area contributed by atoms with Gasteiger partial charge in [-0.25, -0.2) is 8.42 Å². The second kappa shape index (κ2) is 6.08. The van der Waals surface area contributed by atoms with Crippen LogP contribution < -0.4 is 10.5 Å². The lowest BCUT2D eigenvalue weighted by Crippen LogP contribution is -2.09. The van der Waals surface area contributed by atoms with Gasteiger partial charge in [0.05, 0.1) is 12.4 Å². The van der Waals surface area contributed by atoms with Crippen molar-refractivity contribution in [1.82, 2.24) is 0 Å². The van der Waals surface area contributed by atoms with Gasteiger partial charge in [0.25, 0.3) is 0 Å². The summed E-state index contributed by atoms with van der Waals surface area (Å²) in [6.45, 7) is 0.370. The lowest BCUT2D eigenvalue weighted by Gasteiger charge is -2.06. The Labute approximate surface area is 116 Å². The normalized spacial score (nSPS) is 11.4. The number of hydrogen-bond donors (Lipinski definition) is 1. The van der Waals surface area contributed by atoms with Crippen LogP contribution in [0.3, 0.4) is 0 Å². The van der Waals surface area contributed by atoms with Crippen molar-refractivity contribution < 1.29 is 13.2 Å². The first-order chi connectivity index (χ1) is 9.08. The lowest BCUT2D eigenvalue weighted by atomic mass is 10.3. The van der Waals surface area contributed by atoms with Crippen molar-refractivity contribution in [3.8, 4) is 5.75 Å². The monoisotopic (exact) mass is 297 g/mol. The minimum absolute atomic E-state index is 0.0997. The molecule has 6 heteroatoms. The minimum Gasteiger partial charge on any atom is -0.494 e. The maximum atomic E-state index is 11.9. The van der Waals surface area contributed by atoms with Crippen LogP contribution in [0.5, 0.6) is 5.75 Å². The Hall–Kier alpha value is -1.53. The third-order valence-electron chi connectivity index (χ3n) is 2.51. The van der Waals surface area contributed by atoms with Crippen molar-refractivity contribution in [2.24, 2.45) is 0 Å². The van der Waals surface area contributed by atoms with E-state index in [9.17, 15) is 8.42 Å². The molecule has 4 nitrogen and oxygen atoms in total. The van der Waals surface area contributed by atoms with Gasteiger partial charge in [-0.3, -0.25) is 0 Å². The molecular weight excluding hydrogens is 282 g/mol. The second-order valence-corrected chi connectivity index (χ2v) is 7.31. The number of ether oxygens (including phenoxy) is 1. The van der Waals surface area contributed by atoms with Gasteiger partial charge < -0.3 is 10.5 Å². The van der Waals surface area contributed by atoms with E-state index in [2.05, 4.69) is 0 Å². The Morgan fingerprint density at radius 2 is 1.89 bits per heavy atom. The van der Waals surface area contributed by atoms with E-state index in [0.29, 0.717) is 28.7 Å². The lowest BCUT2D eigenvalue weighted by molar-refractivity contribution is 0.318. The van der Waals surface area contributed by atoms with E-state index in [1.807, 2.05) is 0 Å². The van der Waals surface area contributed by atoms with Gasteiger partial charge in [0.15, 0.2) is 9.84 Å². The zero-order chi connectivity index (χ0) is 13.7. The molecule has 0 spiro atoms. The molecule has 0 atom stereocenters. The molecule has 2 rings (SSSR count). The first-order valence-corrected chi connectivity index (χ1v) is 8.36. The number of hydrogen-bond acceptors (Lipinski definition) is 5. The predicted octanol–water partition coefficient (Wildman–Crippen LogP) is 2.57. The number of sulfone groups is 1. The molecule has 0 bridgehead atoms. The average molecular weight is 297 g/mol. The first-order valence-electron chi connectivity index (χ1n) is 5.82. The molecule has 0 unspecified atom stereocenters. The number of anilines is 1. The molecule has 19 heavy (non-hydrogen) atoms. The Balaban J connectivity index is 1.80. The number of benzene rings is 1. The topological polar surface area (TPSA) is 69.4 Å². The third-order valence-corrected chi connectivity index (χ3v) is 5.80. The summed E-state index contributed by atoms with van der Waals surface area (Å²) in [6, 6.07) is 10.4. The average Bonchev–Trinajstić information content (AvgIpc) is 2.91. The van der Waals surface area contributed by atoms with Crippen LogP contribution in [-0.2, 0) is 9.84 Å². The summed E-state index contributed by atoms with van der Waals surface area (Å²) >= 11 is 1.24. The van der Waals surface area contributed by atoms with Gasteiger partial charge in [-0.05, 0) is 42.1 Å². The highest BCUT2D eigenvalue weighted by Crippen LogP contribution is 2.18. The van der Waals surface area contributed by atoms with E-state index in [-0.39, 0.29) is 5.75 Å². The van der Waals surface area contributed by atoms with Crippen LogP contribution in [0.2, 0.25) is 0 Å².